The maximum absolute atomic E-state index is 9.00. The molecule has 2 amide bonds. The first kappa shape index (κ1) is 22.5. The van der Waals surface area contributed by atoms with Crippen molar-refractivity contribution in [3.8, 4) is 0 Å². The molecule has 0 aromatic heterocycles. The van der Waals surface area contributed by atoms with Crippen LogP contribution in [-0.4, -0.2) is 19.2 Å². The smallest absolute Gasteiger partial charge is 0.309 e. The SMILES string of the molecule is CCOCC.N.N.NC(N)=O. The summed E-state index contributed by atoms with van der Waals surface area (Å²) in [5.74, 6) is 0. The second-order valence-corrected chi connectivity index (χ2v) is 1.18. The van der Waals surface area contributed by atoms with E-state index in [0.717, 1.165) is 13.2 Å². The molecule has 0 atom stereocenters. The van der Waals surface area contributed by atoms with Crippen LogP contribution < -0.4 is 23.8 Å². The molecular formula is C5H20N4O2. The van der Waals surface area contributed by atoms with Gasteiger partial charge in [0, 0.05) is 13.2 Å². The Labute approximate surface area is 67.4 Å². The zero-order chi connectivity index (χ0) is 7.70. The van der Waals surface area contributed by atoms with Gasteiger partial charge in [-0.3, -0.25) is 0 Å². The topological polar surface area (TPSA) is 148 Å². The van der Waals surface area contributed by atoms with Crippen molar-refractivity contribution in [3.05, 3.63) is 0 Å². The first-order chi connectivity index (χ1) is 4.15. The van der Waals surface area contributed by atoms with E-state index in [0.29, 0.717) is 0 Å². The average molecular weight is 168 g/mol. The highest BCUT2D eigenvalue weighted by atomic mass is 16.5. The molecule has 0 heterocycles. The number of carbonyl (C=O) groups excluding carboxylic acids is 1. The molecule has 0 bridgehead atoms. The molecule has 0 aromatic carbocycles. The number of primary amides is 2. The van der Waals surface area contributed by atoms with Crippen LogP contribution in [-0.2, 0) is 4.74 Å². The Morgan fingerprint density at radius 3 is 1.36 bits per heavy atom. The normalized spacial score (nSPS) is 6.00. The van der Waals surface area contributed by atoms with Gasteiger partial charge in [0.25, 0.3) is 0 Å². The molecule has 0 rings (SSSR count). The first-order valence-corrected chi connectivity index (χ1v) is 2.77. The van der Waals surface area contributed by atoms with Gasteiger partial charge >= 0.3 is 6.03 Å². The maximum Gasteiger partial charge on any atom is 0.309 e. The predicted octanol–water partition coefficient (Wildman–Crippen LogP) is 0.391. The highest BCUT2D eigenvalue weighted by molar-refractivity contribution is 5.69. The Hall–Kier alpha value is -0.850. The largest absolute Gasteiger partial charge is 0.382 e. The molecule has 0 aliphatic rings. The van der Waals surface area contributed by atoms with E-state index in [1.165, 1.54) is 0 Å². The van der Waals surface area contributed by atoms with Crippen molar-refractivity contribution < 1.29 is 9.53 Å². The summed E-state index contributed by atoms with van der Waals surface area (Å²) in [6.07, 6.45) is 0. The fraction of sp³-hybridized carbons (Fsp3) is 0.800. The van der Waals surface area contributed by atoms with Crippen molar-refractivity contribution in [2.75, 3.05) is 13.2 Å². The van der Waals surface area contributed by atoms with Crippen LogP contribution in [0.1, 0.15) is 13.8 Å². The van der Waals surface area contributed by atoms with Crippen molar-refractivity contribution in [2.45, 2.75) is 13.8 Å². The lowest BCUT2D eigenvalue weighted by Crippen LogP contribution is -2.18. The zero-order valence-electron chi connectivity index (χ0n) is 7.30. The van der Waals surface area contributed by atoms with Gasteiger partial charge in [0.1, 0.15) is 0 Å². The molecule has 10 N–H and O–H groups in total. The van der Waals surface area contributed by atoms with Crippen LogP contribution in [0.15, 0.2) is 0 Å². The first-order valence-electron chi connectivity index (χ1n) is 2.77. The summed E-state index contributed by atoms with van der Waals surface area (Å²) in [6.45, 7) is 5.67. The molecule has 6 heteroatoms. The molecule has 0 unspecified atom stereocenters. The van der Waals surface area contributed by atoms with Crippen LogP contribution in [0.4, 0.5) is 4.79 Å². The number of ether oxygens (including phenoxy) is 1. The minimum Gasteiger partial charge on any atom is -0.382 e. The molecule has 0 aromatic rings. The van der Waals surface area contributed by atoms with Crippen molar-refractivity contribution in [3.63, 3.8) is 0 Å². The van der Waals surface area contributed by atoms with Gasteiger partial charge in [0.15, 0.2) is 0 Å². The quantitative estimate of drug-likeness (QED) is 0.471. The van der Waals surface area contributed by atoms with Gasteiger partial charge in [0.05, 0.1) is 0 Å². The molecular weight excluding hydrogens is 148 g/mol. The maximum atomic E-state index is 9.00. The Bertz CT molecular complexity index is 63.5. The lowest BCUT2D eigenvalue weighted by Gasteiger charge is -1.86. The molecule has 0 aliphatic carbocycles. The van der Waals surface area contributed by atoms with Crippen molar-refractivity contribution in [2.24, 2.45) is 11.5 Å². The number of amides is 2. The molecule has 0 saturated carbocycles. The third-order valence-corrected chi connectivity index (χ3v) is 0.408. The van der Waals surface area contributed by atoms with Crippen LogP contribution in [0.25, 0.3) is 0 Å². The third-order valence-electron chi connectivity index (χ3n) is 0.408. The Kier molecular flexibility index (Phi) is 46.8. The summed E-state index contributed by atoms with van der Waals surface area (Å²) in [4.78, 5) is 9.00. The van der Waals surface area contributed by atoms with Gasteiger partial charge in [0.2, 0.25) is 0 Å². The molecule has 6 nitrogen and oxygen atoms in total. The highest BCUT2D eigenvalue weighted by Gasteiger charge is 1.64. The second kappa shape index (κ2) is 22.9. The Morgan fingerprint density at radius 1 is 1.18 bits per heavy atom. The molecule has 0 spiro atoms. The summed E-state index contributed by atoms with van der Waals surface area (Å²) in [5, 5.41) is 0. The lowest BCUT2D eigenvalue weighted by atomic mass is 10.8. The van der Waals surface area contributed by atoms with E-state index in [9.17, 15) is 0 Å². The molecule has 72 valence electrons. The number of urea groups is 1. The fourth-order valence-corrected chi connectivity index (χ4v) is 0.204. The van der Waals surface area contributed by atoms with E-state index >= 15 is 0 Å². The average Bonchev–Trinajstić information content (AvgIpc) is 1.66. The van der Waals surface area contributed by atoms with Gasteiger partial charge < -0.3 is 28.5 Å². The summed E-state index contributed by atoms with van der Waals surface area (Å²) >= 11 is 0. The zero-order valence-corrected chi connectivity index (χ0v) is 7.30. The van der Waals surface area contributed by atoms with Gasteiger partial charge in [-0.15, -0.1) is 0 Å². The van der Waals surface area contributed by atoms with Crippen molar-refractivity contribution in [1.29, 1.82) is 0 Å². The van der Waals surface area contributed by atoms with Gasteiger partial charge in [-0.2, -0.15) is 0 Å². The monoisotopic (exact) mass is 168 g/mol. The third kappa shape index (κ3) is 354. The molecule has 0 aliphatic heterocycles. The van der Waals surface area contributed by atoms with Crippen LogP contribution in [0.5, 0.6) is 0 Å². The number of carbonyl (C=O) groups is 1. The standard InChI is InChI=1S/C4H10O.CH4N2O.2H3N/c1-3-5-4-2;2-1(3)4;;/h3-4H2,1-2H3;(H4,2,3,4);2*1H3. The Balaban J connectivity index is -0.0000000383. The van der Waals surface area contributed by atoms with Crippen LogP contribution in [0, 0.1) is 0 Å². The fourth-order valence-electron chi connectivity index (χ4n) is 0.204. The lowest BCUT2D eigenvalue weighted by molar-refractivity contribution is 0.162. The van der Waals surface area contributed by atoms with E-state index < -0.39 is 6.03 Å². The predicted molar refractivity (Wildman–Crippen MR) is 46.0 cm³/mol. The van der Waals surface area contributed by atoms with E-state index in [1.807, 2.05) is 13.8 Å². The van der Waals surface area contributed by atoms with Gasteiger partial charge in [-0.25, -0.2) is 4.79 Å². The number of nitrogens with two attached hydrogens (primary N) is 2. The summed E-state index contributed by atoms with van der Waals surface area (Å²) in [6, 6.07) is -0.833. The summed E-state index contributed by atoms with van der Waals surface area (Å²) in [7, 11) is 0. The summed E-state index contributed by atoms with van der Waals surface area (Å²) < 4.78 is 4.83. The van der Waals surface area contributed by atoms with Crippen molar-refractivity contribution >= 4 is 6.03 Å². The van der Waals surface area contributed by atoms with Crippen LogP contribution >= 0.6 is 0 Å². The Morgan fingerprint density at radius 2 is 1.36 bits per heavy atom. The van der Waals surface area contributed by atoms with Gasteiger partial charge in [-0.05, 0) is 13.8 Å². The molecule has 11 heavy (non-hydrogen) atoms. The molecule has 0 fully saturated rings. The highest BCUT2D eigenvalue weighted by Crippen LogP contribution is 1.64. The minimum atomic E-state index is -0.833. The second-order valence-electron chi connectivity index (χ2n) is 1.18. The molecule has 0 saturated heterocycles. The van der Waals surface area contributed by atoms with E-state index in [2.05, 4.69) is 11.5 Å². The number of rotatable bonds is 2. The minimum absolute atomic E-state index is 0. The van der Waals surface area contributed by atoms with Crippen molar-refractivity contribution in [1.82, 2.24) is 12.3 Å². The van der Waals surface area contributed by atoms with E-state index in [4.69, 9.17) is 9.53 Å². The van der Waals surface area contributed by atoms with Crippen LogP contribution in [0.2, 0.25) is 0 Å². The van der Waals surface area contributed by atoms with E-state index in [-0.39, 0.29) is 12.3 Å². The summed E-state index contributed by atoms with van der Waals surface area (Å²) in [5.41, 5.74) is 8.50. The van der Waals surface area contributed by atoms with Gasteiger partial charge in [-0.1, -0.05) is 0 Å². The van der Waals surface area contributed by atoms with E-state index in [1.54, 1.807) is 0 Å². The van der Waals surface area contributed by atoms with Crippen LogP contribution in [0.3, 0.4) is 0 Å². The number of hydrogen-bond donors (Lipinski definition) is 4. The number of hydrogen-bond acceptors (Lipinski definition) is 4. The molecule has 0 radical (unpaired) electrons.